The van der Waals surface area contributed by atoms with Gasteiger partial charge in [-0.3, -0.25) is 19.5 Å². The van der Waals surface area contributed by atoms with Crippen LogP contribution in [0.25, 0.3) is 16.5 Å². The third-order valence-corrected chi connectivity index (χ3v) is 5.72. The average Bonchev–Trinajstić information content (AvgIpc) is 3.33. The second kappa shape index (κ2) is 7.29. The number of nitrogens with zero attached hydrogens (tertiary/aromatic N) is 6. The molecule has 1 aliphatic rings. The number of H-pyrrole nitrogens is 1. The lowest BCUT2D eigenvalue weighted by molar-refractivity contribution is 0.192. The Morgan fingerprint density at radius 2 is 2.14 bits per heavy atom. The zero-order chi connectivity index (χ0) is 19.8. The molecule has 1 N–H and O–H groups in total. The Labute approximate surface area is 167 Å². The molecule has 3 aromatic heterocycles. The number of nitrogens with one attached hydrogen (secondary N) is 1. The van der Waals surface area contributed by atoms with Crippen molar-refractivity contribution in [1.29, 1.82) is 0 Å². The van der Waals surface area contributed by atoms with Gasteiger partial charge in [-0.05, 0) is 37.6 Å². The van der Waals surface area contributed by atoms with Crippen molar-refractivity contribution in [3.63, 3.8) is 0 Å². The molecule has 1 unspecified atom stereocenters. The van der Waals surface area contributed by atoms with E-state index in [2.05, 4.69) is 31.1 Å². The molecule has 1 atom stereocenters. The minimum atomic E-state index is -0.201. The average molecular weight is 389 g/mol. The summed E-state index contributed by atoms with van der Waals surface area (Å²) in [7, 11) is 1.97. The van der Waals surface area contributed by atoms with Crippen molar-refractivity contribution in [2.75, 3.05) is 13.1 Å². The molecule has 0 saturated carbocycles. The van der Waals surface area contributed by atoms with Crippen LogP contribution in [0.2, 0.25) is 0 Å². The number of rotatable bonds is 4. The highest BCUT2D eigenvalue weighted by atomic mass is 16.1. The Hall–Kier alpha value is -3.26. The number of pyridine rings is 1. The van der Waals surface area contributed by atoms with Crippen LogP contribution in [0.3, 0.4) is 0 Å². The summed E-state index contributed by atoms with van der Waals surface area (Å²) in [6, 6.07) is 9.81. The molecule has 0 radical (unpaired) electrons. The lowest BCUT2D eigenvalue weighted by Crippen LogP contribution is -2.35. The van der Waals surface area contributed by atoms with Gasteiger partial charge in [0.2, 0.25) is 0 Å². The van der Waals surface area contributed by atoms with Crippen molar-refractivity contribution in [3.8, 4) is 5.69 Å². The topological polar surface area (TPSA) is 84.6 Å². The minimum absolute atomic E-state index is 0.201. The molecule has 5 rings (SSSR count). The lowest BCUT2D eigenvalue weighted by atomic mass is 9.97. The van der Waals surface area contributed by atoms with Crippen molar-refractivity contribution >= 4 is 10.8 Å². The molecule has 1 saturated heterocycles. The molecule has 1 aromatic carbocycles. The van der Waals surface area contributed by atoms with E-state index in [4.69, 9.17) is 0 Å². The maximum atomic E-state index is 12.7. The SMILES string of the molecule is Cn1nccc1CN1CCCC(c2nn(-c3cccc4cnccc34)c(=O)[nH]2)C1. The van der Waals surface area contributed by atoms with Crippen LogP contribution in [0.5, 0.6) is 0 Å². The smallest absolute Gasteiger partial charge is 0.297 e. The maximum absolute atomic E-state index is 12.7. The Bertz CT molecular complexity index is 1200. The molecule has 8 nitrogen and oxygen atoms in total. The van der Waals surface area contributed by atoms with Gasteiger partial charge in [0.15, 0.2) is 0 Å². The first-order valence-electron chi connectivity index (χ1n) is 9.90. The van der Waals surface area contributed by atoms with Gasteiger partial charge in [0.25, 0.3) is 0 Å². The number of aromatic amines is 1. The molecule has 4 heterocycles. The second-order valence-corrected chi connectivity index (χ2v) is 7.62. The summed E-state index contributed by atoms with van der Waals surface area (Å²) in [5, 5.41) is 10.9. The second-order valence-electron chi connectivity index (χ2n) is 7.62. The minimum Gasteiger partial charge on any atom is -0.297 e. The summed E-state index contributed by atoms with van der Waals surface area (Å²) < 4.78 is 3.40. The summed E-state index contributed by atoms with van der Waals surface area (Å²) in [6.07, 6.45) is 7.47. The van der Waals surface area contributed by atoms with Gasteiger partial charge < -0.3 is 0 Å². The molecule has 4 aromatic rings. The van der Waals surface area contributed by atoms with Gasteiger partial charge in [-0.1, -0.05) is 12.1 Å². The van der Waals surface area contributed by atoms with Crippen molar-refractivity contribution in [2.45, 2.75) is 25.3 Å². The molecular formula is C21H23N7O. The van der Waals surface area contributed by atoms with Crippen LogP contribution in [0.4, 0.5) is 0 Å². The number of piperidine rings is 1. The van der Waals surface area contributed by atoms with Gasteiger partial charge in [0, 0.05) is 55.4 Å². The first kappa shape index (κ1) is 17.8. The summed E-state index contributed by atoms with van der Waals surface area (Å²) in [5.74, 6) is 0.971. The van der Waals surface area contributed by atoms with Crippen LogP contribution >= 0.6 is 0 Å². The van der Waals surface area contributed by atoms with Gasteiger partial charge >= 0.3 is 5.69 Å². The van der Waals surface area contributed by atoms with Gasteiger partial charge in [0.05, 0.1) is 11.4 Å². The molecule has 0 bridgehead atoms. The molecule has 1 aliphatic heterocycles. The quantitative estimate of drug-likeness (QED) is 0.579. The van der Waals surface area contributed by atoms with E-state index in [-0.39, 0.29) is 11.6 Å². The molecule has 0 spiro atoms. The van der Waals surface area contributed by atoms with Gasteiger partial charge in [-0.2, -0.15) is 9.78 Å². The van der Waals surface area contributed by atoms with E-state index in [0.717, 1.165) is 54.8 Å². The van der Waals surface area contributed by atoms with Gasteiger partial charge in [-0.15, -0.1) is 5.10 Å². The summed E-state index contributed by atoms with van der Waals surface area (Å²) in [4.78, 5) is 22.3. The van der Waals surface area contributed by atoms with Crippen LogP contribution in [0.15, 0.2) is 53.7 Å². The Morgan fingerprint density at radius 1 is 1.21 bits per heavy atom. The number of aryl methyl sites for hydroxylation is 1. The van der Waals surface area contributed by atoms with Gasteiger partial charge in [-0.25, -0.2) is 4.79 Å². The van der Waals surface area contributed by atoms with E-state index in [1.165, 1.54) is 10.4 Å². The van der Waals surface area contributed by atoms with Crippen LogP contribution < -0.4 is 5.69 Å². The van der Waals surface area contributed by atoms with Crippen LogP contribution in [0, 0.1) is 0 Å². The molecule has 0 amide bonds. The summed E-state index contributed by atoms with van der Waals surface area (Å²) in [6.45, 7) is 2.77. The summed E-state index contributed by atoms with van der Waals surface area (Å²) in [5.41, 5.74) is 1.77. The number of fused-ring (bicyclic) bond motifs is 1. The first-order chi connectivity index (χ1) is 14.2. The fraction of sp³-hybridized carbons (Fsp3) is 0.333. The molecule has 29 heavy (non-hydrogen) atoms. The monoisotopic (exact) mass is 389 g/mol. The Kier molecular flexibility index (Phi) is 4.48. The van der Waals surface area contributed by atoms with Crippen molar-refractivity contribution in [2.24, 2.45) is 7.05 Å². The van der Waals surface area contributed by atoms with E-state index in [9.17, 15) is 4.79 Å². The highest BCUT2D eigenvalue weighted by molar-refractivity contribution is 5.89. The Morgan fingerprint density at radius 3 is 3.00 bits per heavy atom. The van der Waals surface area contributed by atoms with E-state index < -0.39 is 0 Å². The van der Waals surface area contributed by atoms with Crippen LogP contribution in [0.1, 0.15) is 30.3 Å². The first-order valence-corrected chi connectivity index (χ1v) is 9.90. The fourth-order valence-corrected chi connectivity index (χ4v) is 4.19. The predicted molar refractivity (Wildman–Crippen MR) is 110 cm³/mol. The normalized spacial score (nSPS) is 17.8. The molecule has 148 valence electrons. The third kappa shape index (κ3) is 3.36. The van der Waals surface area contributed by atoms with Crippen LogP contribution in [-0.4, -0.2) is 47.5 Å². The number of likely N-dealkylation sites (tertiary alicyclic amines) is 1. The number of aromatic nitrogens is 6. The van der Waals surface area contributed by atoms with E-state index in [1.54, 1.807) is 12.4 Å². The summed E-state index contributed by atoms with van der Waals surface area (Å²) >= 11 is 0. The van der Waals surface area contributed by atoms with E-state index in [0.29, 0.717) is 0 Å². The van der Waals surface area contributed by atoms with Crippen molar-refractivity contribution in [1.82, 2.24) is 34.4 Å². The van der Waals surface area contributed by atoms with Crippen LogP contribution in [-0.2, 0) is 13.6 Å². The van der Waals surface area contributed by atoms with Crippen molar-refractivity contribution < 1.29 is 0 Å². The van der Waals surface area contributed by atoms with E-state index in [1.807, 2.05) is 42.2 Å². The largest absolute Gasteiger partial charge is 0.348 e. The highest BCUT2D eigenvalue weighted by Gasteiger charge is 2.25. The molecule has 8 heteroatoms. The molecule has 0 aliphatic carbocycles. The molecular weight excluding hydrogens is 366 g/mol. The highest BCUT2D eigenvalue weighted by Crippen LogP contribution is 2.26. The fourth-order valence-electron chi connectivity index (χ4n) is 4.19. The van der Waals surface area contributed by atoms with E-state index >= 15 is 0 Å². The van der Waals surface area contributed by atoms with Gasteiger partial charge in [0.1, 0.15) is 5.82 Å². The zero-order valence-electron chi connectivity index (χ0n) is 16.3. The third-order valence-electron chi connectivity index (χ3n) is 5.72. The van der Waals surface area contributed by atoms with Crippen molar-refractivity contribution in [3.05, 3.63) is 70.9 Å². The number of hydrogen-bond donors (Lipinski definition) is 1. The standard InChI is InChI=1S/C21H23N7O/c1-26-17(7-10-23-26)14-27-11-3-5-16(13-27)20-24-21(29)28(25-20)19-6-2-4-15-12-22-9-8-18(15)19/h2,4,6-10,12,16H,3,5,11,13-14H2,1H3,(H,24,25,29). The Balaban J connectivity index is 1.42. The maximum Gasteiger partial charge on any atom is 0.348 e. The molecule has 1 fully saturated rings. The lowest BCUT2D eigenvalue weighted by Gasteiger charge is -2.31. The number of benzene rings is 1. The number of hydrogen-bond acceptors (Lipinski definition) is 5. The predicted octanol–water partition coefficient (Wildman–Crippen LogP) is 2.22. The zero-order valence-corrected chi connectivity index (χ0v) is 16.3.